The largest absolute Gasteiger partial charge is 0.481 e. The molecule has 5 rings (SSSR count). The van der Waals surface area contributed by atoms with Crippen molar-refractivity contribution in [1.82, 2.24) is 29.0 Å². The smallest absolute Gasteiger partial charge is 0.359 e. The van der Waals surface area contributed by atoms with Crippen LogP contribution in [0.4, 0.5) is 11.5 Å². The first-order valence-electron chi connectivity index (χ1n) is 16.5. The van der Waals surface area contributed by atoms with Crippen LogP contribution in [0.25, 0.3) is 15.3 Å². The molecule has 3 aromatic heterocycles. The highest BCUT2D eigenvalue weighted by molar-refractivity contribution is 7.89. The first-order chi connectivity index (χ1) is 25.7. The lowest BCUT2D eigenvalue weighted by molar-refractivity contribution is -0.137. The minimum atomic E-state index is -4.01. The number of benzene rings is 2. The SMILES string of the molecule is CCOC(=O)c1nc(Cc2c(C)cc(C)cc2C)nc(C(=O)OCC)c1N=Nc1nn(-c2nc3cc(S(=O)(=O)N(C)CCC(=O)O)ccc3s2)cc1C#N. The molecule has 0 aliphatic carbocycles. The van der Waals surface area contributed by atoms with Gasteiger partial charge in [-0.25, -0.2) is 41.9 Å². The minimum absolute atomic E-state index is 0.000326. The van der Waals surface area contributed by atoms with Gasteiger partial charge in [-0.2, -0.15) is 5.26 Å². The summed E-state index contributed by atoms with van der Waals surface area (Å²) in [5, 5.41) is 31.8. The zero-order chi connectivity index (χ0) is 39.3. The molecular weight excluding hydrogens is 739 g/mol. The predicted molar refractivity (Wildman–Crippen MR) is 195 cm³/mol. The maximum atomic E-state index is 13.3. The molecule has 54 heavy (non-hydrogen) atoms. The summed E-state index contributed by atoms with van der Waals surface area (Å²) >= 11 is 1.15. The number of carbonyl (C=O) groups excluding carboxylic acids is 2. The first kappa shape index (κ1) is 39.2. The molecule has 0 radical (unpaired) electrons. The molecule has 3 heterocycles. The second-order valence-corrected chi connectivity index (χ2v) is 15.0. The molecule has 0 aliphatic rings. The second kappa shape index (κ2) is 16.4. The highest BCUT2D eigenvalue weighted by Gasteiger charge is 2.28. The molecule has 17 nitrogen and oxygen atoms in total. The van der Waals surface area contributed by atoms with Crippen molar-refractivity contribution in [3.05, 3.63) is 81.6 Å². The molecule has 19 heteroatoms. The van der Waals surface area contributed by atoms with Gasteiger partial charge in [-0.3, -0.25) is 4.79 Å². The van der Waals surface area contributed by atoms with Gasteiger partial charge < -0.3 is 14.6 Å². The number of esters is 2. The number of aryl methyl sites for hydroxylation is 3. The number of nitriles is 1. The number of hydrogen-bond donors (Lipinski definition) is 1. The molecule has 0 amide bonds. The van der Waals surface area contributed by atoms with Crippen LogP contribution in [0.1, 0.15) is 74.9 Å². The molecule has 0 aliphatic heterocycles. The van der Waals surface area contributed by atoms with Crippen molar-refractivity contribution in [3.8, 4) is 11.2 Å². The lowest BCUT2D eigenvalue weighted by Gasteiger charge is -2.16. The number of fused-ring (bicyclic) bond motifs is 1. The van der Waals surface area contributed by atoms with E-state index in [1.807, 2.05) is 39.0 Å². The van der Waals surface area contributed by atoms with Crippen LogP contribution < -0.4 is 0 Å². The lowest BCUT2D eigenvalue weighted by Crippen LogP contribution is -2.29. The third-order valence-corrected chi connectivity index (χ3v) is 10.9. The van der Waals surface area contributed by atoms with Crippen LogP contribution in [-0.4, -0.2) is 87.3 Å². The zero-order valence-electron chi connectivity index (χ0n) is 30.1. The Balaban J connectivity index is 1.55. The number of aliphatic carboxylic acids is 1. The van der Waals surface area contributed by atoms with Crippen LogP contribution in [0.15, 0.2) is 51.7 Å². The fraction of sp³-hybridized carbons (Fsp3) is 0.314. The van der Waals surface area contributed by atoms with E-state index in [9.17, 15) is 28.1 Å². The Bertz CT molecular complexity index is 2410. The van der Waals surface area contributed by atoms with E-state index in [0.29, 0.717) is 10.2 Å². The van der Waals surface area contributed by atoms with Crippen LogP contribution in [0.2, 0.25) is 0 Å². The van der Waals surface area contributed by atoms with Gasteiger partial charge in [-0.05, 0) is 69.5 Å². The summed E-state index contributed by atoms with van der Waals surface area (Å²) in [4.78, 5) is 50.8. The van der Waals surface area contributed by atoms with E-state index in [4.69, 9.17) is 14.6 Å². The molecule has 0 unspecified atom stereocenters. The summed E-state index contributed by atoms with van der Waals surface area (Å²) in [6.45, 7) is 8.89. The topological polar surface area (TPSA) is 232 Å². The van der Waals surface area contributed by atoms with Gasteiger partial charge in [0.1, 0.15) is 17.5 Å². The summed E-state index contributed by atoms with van der Waals surface area (Å²) in [5.74, 6) is -2.94. The quantitative estimate of drug-likeness (QED) is 0.108. The van der Waals surface area contributed by atoms with Gasteiger partial charge in [0.15, 0.2) is 17.1 Å². The van der Waals surface area contributed by atoms with Gasteiger partial charge in [0.25, 0.3) is 0 Å². The molecule has 0 fully saturated rings. The van der Waals surface area contributed by atoms with E-state index < -0.39 is 27.9 Å². The van der Waals surface area contributed by atoms with Gasteiger partial charge in [0.2, 0.25) is 21.0 Å². The van der Waals surface area contributed by atoms with Crippen molar-refractivity contribution in [1.29, 1.82) is 5.26 Å². The Hall–Kier alpha value is -5.97. The first-order valence-corrected chi connectivity index (χ1v) is 18.7. The monoisotopic (exact) mass is 773 g/mol. The van der Waals surface area contributed by atoms with Crippen molar-refractivity contribution in [2.45, 2.75) is 52.4 Å². The van der Waals surface area contributed by atoms with E-state index in [0.717, 1.165) is 37.9 Å². The van der Waals surface area contributed by atoms with Crippen LogP contribution >= 0.6 is 11.3 Å². The maximum Gasteiger partial charge on any atom is 0.359 e. The van der Waals surface area contributed by atoms with Crippen LogP contribution in [0, 0.1) is 32.1 Å². The summed E-state index contributed by atoms with van der Waals surface area (Å²) in [6.07, 6.45) is 1.17. The molecule has 0 bridgehead atoms. The van der Waals surface area contributed by atoms with Crippen molar-refractivity contribution >= 4 is 61.0 Å². The van der Waals surface area contributed by atoms with Gasteiger partial charge in [0, 0.05) is 20.0 Å². The Morgan fingerprint density at radius 2 is 1.61 bits per heavy atom. The predicted octanol–water partition coefficient (Wildman–Crippen LogP) is 5.52. The van der Waals surface area contributed by atoms with Gasteiger partial charge >= 0.3 is 17.9 Å². The lowest BCUT2D eigenvalue weighted by atomic mass is 9.97. The van der Waals surface area contributed by atoms with Crippen LogP contribution in [0.5, 0.6) is 0 Å². The molecule has 0 atom stereocenters. The minimum Gasteiger partial charge on any atom is -0.481 e. The number of azo groups is 1. The molecule has 0 saturated carbocycles. The molecule has 280 valence electrons. The Kier molecular flexibility index (Phi) is 11.9. The highest BCUT2D eigenvalue weighted by Crippen LogP contribution is 2.32. The number of carboxylic acids is 1. The number of ether oxygens (including phenoxy) is 2. The number of aromatic nitrogens is 5. The third kappa shape index (κ3) is 8.46. The molecular formula is C35H35N9O8S2. The van der Waals surface area contributed by atoms with E-state index in [-0.39, 0.29) is 76.9 Å². The molecule has 0 saturated heterocycles. The van der Waals surface area contributed by atoms with Crippen LogP contribution in [-0.2, 0) is 30.7 Å². The van der Waals surface area contributed by atoms with E-state index >= 15 is 0 Å². The number of nitrogens with zero attached hydrogens (tertiary/aromatic N) is 9. The Labute approximate surface area is 314 Å². The zero-order valence-corrected chi connectivity index (χ0v) is 31.8. The highest BCUT2D eigenvalue weighted by atomic mass is 32.2. The second-order valence-electron chi connectivity index (χ2n) is 11.9. The summed E-state index contributed by atoms with van der Waals surface area (Å²) < 4.78 is 39.4. The van der Waals surface area contributed by atoms with E-state index in [1.165, 1.54) is 30.1 Å². The Morgan fingerprint density at radius 1 is 0.981 bits per heavy atom. The summed E-state index contributed by atoms with van der Waals surface area (Å²) in [7, 11) is -2.72. The van der Waals surface area contributed by atoms with Crippen LogP contribution in [0.3, 0.4) is 0 Å². The number of carboxylic acid groups (broad SMARTS) is 1. The Morgan fingerprint density at radius 3 is 2.19 bits per heavy atom. The van der Waals surface area contributed by atoms with E-state index in [1.54, 1.807) is 19.9 Å². The number of rotatable bonds is 14. The number of sulfonamides is 1. The number of carbonyl (C=O) groups is 3. The van der Waals surface area contributed by atoms with Gasteiger partial charge in [0.05, 0.1) is 40.9 Å². The van der Waals surface area contributed by atoms with E-state index in [2.05, 4.69) is 30.3 Å². The summed E-state index contributed by atoms with van der Waals surface area (Å²) in [5.41, 5.74) is 3.22. The van der Waals surface area contributed by atoms with Crippen molar-refractivity contribution < 1.29 is 37.4 Å². The normalized spacial score (nSPS) is 11.7. The average Bonchev–Trinajstić information content (AvgIpc) is 3.75. The third-order valence-electron chi connectivity index (χ3n) is 8.00. The maximum absolute atomic E-state index is 13.3. The van der Waals surface area contributed by atoms with Gasteiger partial charge in [-0.1, -0.05) is 29.0 Å². The van der Waals surface area contributed by atoms with Crippen molar-refractivity contribution in [2.75, 3.05) is 26.8 Å². The number of thiazole rings is 1. The van der Waals surface area contributed by atoms with Crippen molar-refractivity contribution in [2.24, 2.45) is 10.2 Å². The molecule has 5 aromatic rings. The molecule has 2 aromatic carbocycles. The van der Waals surface area contributed by atoms with Gasteiger partial charge in [-0.15, -0.1) is 15.3 Å². The fourth-order valence-corrected chi connectivity index (χ4v) is 7.49. The number of hydrogen-bond acceptors (Lipinski definition) is 15. The van der Waals surface area contributed by atoms with Crippen molar-refractivity contribution in [3.63, 3.8) is 0 Å². The fourth-order valence-electron chi connectivity index (χ4n) is 5.42. The average molecular weight is 774 g/mol. The standard InChI is InChI=1S/C35H35N9O8S2/c1-7-51-33(47)30-29(31(34(48)52-8-2)39-27(38-30)16-24-20(4)13-19(3)14-21(24)5)40-41-32-22(17-36)18-44(42-32)35-37-25-15-23(9-10-26(25)53-35)54(49,50)43(6)12-11-28(45)46/h9-10,13-15,18H,7-8,11-12,16H2,1-6H3,(H,45,46). The molecule has 0 spiro atoms. The summed E-state index contributed by atoms with van der Waals surface area (Å²) in [6, 6.07) is 10.3. The molecule has 1 N–H and O–H groups in total.